The van der Waals surface area contributed by atoms with Crippen LogP contribution in [-0.4, -0.2) is 0 Å². The van der Waals surface area contributed by atoms with Gasteiger partial charge in [0.05, 0.1) is 5.02 Å². The summed E-state index contributed by atoms with van der Waals surface area (Å²) in [6.45, 7) is 0. The molecule has 0 fully saturated rings. The second kappa shape index (κ2) is 6.04. The summed E-state index contributed by atoms with van der Waals surface area (Å²) in [6.07, 6.45) is -0.0521. The molecule has 6 heteroatoms. The summed E-state index contributed by atoms with van der Waals surface area (Å²) in [7, 11) is 0. The minimum atomic E-state index is -0.934. The molecule has 1 unspecified atom stereocenters. The van der Waals surface area contributed by atoms with Crippen LogP contribution in [0.5, 0.6) is 0 Å². The summed E-state index contributed by atoms with van der Waals surface area (Å²) in [5, 5.41) is -0.141. The molecule has 0 spiro atoms. The third kappa shape index (κ3) is 3.08. The van der Waals surface area contributed by atoms with Gasteiger partial charge in [-0.1, -0.05) is 29.3 Å². The van der Waals surface area contributed by atoms with Crippen molar-refractivity contribution in [3.05, 3.63) is 69.0 Å². The van der Waals surface area contributed by atoms with E-state index < -0.39 is 23.5 Å². The zero-order valence-corrected chi connectivity index (χ0v) is 11.7. The molecule has 0 aromatic heterocycles. The Bertz CT molecular complexity index is 626. The highest BCUT2D eigenvalue weighted by molar-refractivity contribution is 6.31. The standard InChI is InChI=1S/C14H10Cl2F3N/c15-9-2-1-3-11(17)7(9)5-14(20)8-4-13(19)10(16)6-12(8)18/h1-4,6,14H,5,20H2. The maximum absolute atomic E-state index is 13.7. The second-order valence-electron chi connectivity index (χ2n) is 4.30. The van der Waals surface area contributed by atoms with Crippen molar-refractivity contribution in [2.24, 2.45) is 5.73 Å². The maximum Gasteiger partial charge on any atom is 0.142 e. The van der Waals surface area contributed by atoms with E-state index in [1.54, 1.807) is 0 Å². The average molecular weight is 320 g/mol. The first kappa shape index (κ1) is 15.2. The molecule has 0 heterocycles. The molecule has 0 saturated carbocycles. The Balaban J connectivity index is 2.33. The Hall–Kier alpha value is -1.23. The van der Waals surface area contributed by atoms with E-state index in [-0.39, 0.29) is 27.6 Å². The summed E-state index contributed by atoms with van der Waals surface area (Å²) >= 11 is 11.3. The first-order valence-electron chi connectivity index (χ1n) is 5.73. The van der Waals surface area contributed by atoms with Crippen LogP contribution in [-0.2, 0) is 6.42 Å². The molecule has 2 N–H and O–H groups in total. The van der Waals surface area contributed by atoms with E-state index in [2.05, 4.69) is 0 Å². The lowest BCUT2D eigenvalue weighted by Gasteiger charge is -2.15. The van der Waals surface area contributed by atoms with Crippen LogP contribution < -0.4 is 5.73 Å². The summed E-state index contributed by atoms with van der Waals surface area (Å²) < 4.78 is 40.7. The van der Waals surface area contributed by atoms with Gasteiger partial charge in [-0.05, 0) is 30.7 Å². The number of halogens is 5. The molecule has 2 aromatic rings. The van der Waals surface area contributed by atoms with Crippen LogP contribution in [0.3, 0.4) is 0 Å². The molecule has 0 bridgehead atoms. The largest absolute Gasteiger partial charge is 0.324 e. The normalized spacial score (nSPS) is 12.5. The van der Waals surface area contributed by atoms with Crippen LogP contribution in [0.1, 0.15) is 17.2 Å². The number of benzene rings is 2. The monoisotopic (exact) mass is 319 g/mol. The van der Waals surface area contributed by atoms with Gasteiger partial charge in [-0.2, -0.15) is 0 Å². The molecule has 0 amide bonds. The molecule has 1 nitrogen and oxygen atoms in total. The van der Waals surface area contributed by atoms with Crippen LogP contribution in [0, 0.1) is 17.5 Å². The van der Waals surface area contributed by atoms with E-state index in [1.807, 2.05) is 0 Å². The minimum Gasteiger partial charge on any atom is -0.324 e. The van der Waals surface area contributed by atoms with Crippen molar-refractivity contribution in [1.82, 2.24) is 0 Å². The molecule has 106 valence electrons. The molecular weight excluding hydrogens is 310 g/mol. The smallest absolute Gasteiger partial charge is 0.142 e. The molecule has 0 aliphatic rings. The summed E-state index contributed by atoms with van der Waals surface area (Å²) in [5.41, 5.74) is 5.90. The SMILES string of the molecule is NC(Cc1c(F)cccc1Cl)c1cc(F)c(Cl)cc1F. The van der Waals surface area contributed by atoms with Gasteiger partial charge in [0.2, 0.25) is 0 Å². The summed E-state index contributed by atoms with van der Waals surface area (Å²) in [5.74, 6) is -2.06. The van der Waals surface area contributed by atoms with Gasteiger partial charge in [0.25, 0.3) is 0 Å². The van der Waals surface area contributed by atoms with E-state index in [9.17, 15) is 13.2 Å². The Morgan fingerprint density at radius 3 is 2.30 bits per heavy atom. The molecule has 1 atom stereocenters. The maximum atomic E-state index is 13.7. The highest BCUT2D eigenvalue weighted by Crippen LogP contribution is 2.28. The zero-order valence-electron chi connectivity index (χ0n) is 10.1. The van der Waals surface area contributed by atoms with Crippen molar-refractivity contribution in [3.63, 3.8) is 0 Å². The Morgan fingerprint density at radius 1 is 0.950 bits per heavy atom. The molecule has 0 saturated heterocycles. The van der Waals surface area contributed by atoms with Crippen LogP contribution >= 0.6 is 23.2 Å². The molecule has 2 rings (SSSR count). The summed E-state index contributed by atoms with van der Waals surface area (Å²) in [6, 6.07) is 5.01. The van der Waals surface area contributed by atoms with E-state index >= 15 is 0 Å². The van der Waals surface area contributed by atoms with E-state index in [0.717, 1.165) is 12.1 Å². The Morgan fingerprint density at radius 2 is 1.65 bits per heavy atom. The topological polar surface area (TPSA) is 26.0 Å². The fraction of sp³-hybridized carbons (Fsp3) is 0.143. The van der Waals surface area contributed by atoms with Gasteiger partial charge in [-0.25, -0.2) is 13.2 Å². The Labute approximate surface area is 124 Å². The van der Waals surface area contributed by atoms with Crippen molar-refractivity contribution in [3.8, 4) is 0 Å². The number of hydrogen-bond acceptors (Lipinski definition) is 1. The van der Waals surface area contributed by atoms with Crippen molar-refractivity contribution in [2.75, 3.05) is 0 Å². The second-order valence-corrected chi connectivity index (χ2v) is 5.11. The lowest BCUT2D eigenvalue weighted by atomic mass is 9.98. The van der Waals surface area contributed by atoms with Crippen LogP contribution in [0.4, 0.5) is 13.2 Å². The molecule has 20 heavy (non-hydrogen) atoms. The van der Waals surface area contributed by atoms with Gasteiger partial charge < -0.3 is 5.73 Å². The highest BCUT2D eigenvalue weighted by atomic mass is 35.5. The van der Waals surface area contributed by atoms with E-state index in [0.29, 0.717) is 0 Å². The first-order chi connectivity index (χ1) is 9.40. The number of rotatable bonds is 3. The van der Waals surface area contributed by atoms with Gasteiger partial charge in [-0.3, -0.25) is 0 Å². The average Bonchev–Trinajstić information content (AvgIpc) is 2.38. The molecule has 0 aliphatic carbocycles. The fourth-order valence-electron chi connectivity index (χ4n) is 1.88. The van der Waals surface area contributed by atoms with Crippen molar-refractivity contribution >= 4 is 23.2 Å². The third-order valence-corrected chi connectivity index (χ3v) is 3.57. The van der Waals surface area contributed by atoms with E-state index in [1.165, 1.54) is 18.2 Å². The van der Waals surface area contributed by atoms with Gasteiger partial charge in [0.1, 0.15) is 17.5 Å². The van der Waals surface area contributed by atoms with Crippen molar-refractivity contribution < 1.29 is 13.2 Å². The van der Waals surface area contributed by atoms with Crippen LogP contribution in [0.2, 0.25) is 10.0 Å². The van der Waals surface area contributed by atoms with Crippen LogP contribution in [0.15, 0.2) is 30.3 Å². The Kier molecular flexibility index (Phi) is 4.58. The van der Waals surface area contributed by atoms with Gasteiger partial charge in [0, 0.05) is 22.2 Å². The van der Waals surface area contributed by atoms with Crippen molar-refractivity contribution in [2.45, 2.75) is 12.5 Å². The minimum absolute atomic E-state index is 0.0521. The highest BCUT2D eigenvalue weighted by Gasteiger charge is 2.18. The third-order valence-electron chi connectivity index (χ3n) is 2.92. The number of nitrogens with two attached hydrogens (primary N) is 1. The number of hydrogen-bond donors (Lipinski definition) is 1. The van der Waals surface area contributed by atoms with Crippen LogP contribution in [0.25, 0.3) is 0 Å². The zero-order chi connectivity index (χ0) is 14.9. The molecule has 2 aromatic carbocycles. The predicted octanol–water partition coefficient (Wildman–Crippen LogP) is 4.65. The first-order valence-corrected chi connectivity index (χ1v) is 6.48. The van der Waals surface area contributed by atoms with Gasteiger partial charge in [-0.15, -0.1) is 0 Å². The summed E-state index contributed by atoms with van der Waals surface area (Å²) in [4.78, 5) is 0. The van der Waals surface area contributed by atoms with E-state index in [4.69, 9.17) is 28.9 Å². The molecule has 0 radical (unpaired) electrons. The van der Waals surface area contributed by atoms with Crippen molar-refractivity contribution in [1.29, 1.82) is 0 Å². The molecule has 0 aliphatic heterocycles. The van der Waals surface area contributed by atoms with Gasteiger partial charge >= 0.3 is 0 Å². The fourth-order valence-corrected chi connectivity index (χ4v) is 2.27. The van der Waals surface area contributed by atoms with Gasteiger partial charge in [0.15, 0.2) is 0 Å². The molecular formula is C14H10Cl2F3N. The quantitative estimate of drug-likeness (QED) is 0.818. The lowest BCUT2D eigenvalue weighted by Crippen LogP contribution is -2.16. The predicted molar refractivity (Wildman–Crippen MR) is 73.4 cm³/mol. The lowest BCUT2D eigenvalue weighted by molar-refractivity contribution is 0.551.